The maximum atomic E-state index is 14.0. The highest BCUT2D eigenvalue weighted by Crippen LogP contribution is 2.26. The lowest BCUT2D eigenvalue weighted by Gasteiger charge is -2.42. The van der Waals surface area contributed by atoms with Crippen molar-refractivity contribution in [3.8, 4) is 0 Å². The highest BCUT2D eigenvalue weighted by atomic mass is 79.9. The summed E-state index contributed by atoms with van der Waals surface area (Å²) in [5.74, 6) is -0.122. The number of piperidine rings is 2. The SMILES string of the molecule is Cc1ccc(C[C@@H](OC(=O)N2CCC(N3CCc4ccccc4NC3=O)CC2)C(=O)N2CCN(C3CCN(C)CC3)CC2)cc1Br. The van der Waals surface area contributed by atoms with Gasteiger partial charge in [-0.1, -0.05) is 46.3 Å². The van der Waals surface area contributed by atoms with Gasteiger partial charge in [-0.15, -0.1) is 0 Å². The molecular weight excluding hydrogens is 648 g/mol. The zero-order chi connectivity index (χ0) is 32.2. The first-order chi connectivity index (χ1) is 22.2. The normalized spacial score (nSPS) is 21.4. The Kier molecular flexibility index (Phi) is 10.5. The fraction of sp³-hybridized carbons (Fsp3) is 0.571. The summed E-state index contributed by atoms with van der Waals surface area (Å²) in [6.45, 7) is 8.84. The number of aryl methyl sites for hydroxylation is 1. The molecule has 248 valence electrons. The number of ether oxygens (including phenoxy) is 1. The molecule has 0 unspecified atom stereocenters. The molecule has 3 saturated heterocycles. The molecule has 0 aliphatic carbocycles. The van der Waals surface area contributed by atoms with Crippen molar-refractivity contribution in [2.24, 2.45) is 0 Å². The van der Waals surface area contributed by atoms with E-state index in [4.69, 9.17) is 4.74 Å². The molecule has 6 rings (SSSR count). The van der Waals surface area contributed by atoms with Gasteiger partial charge in [0.1, 0.15) is 0 Å². The van der Waals surface area contributed by atoms with Gasteiger partial charge in [0.25, 0.3) is 5.91 Å². The lowest BCUT2D eigenvalue weighted by molar-refractivity contribution is -0.143. The lowest BCUT2D eigenvalue weighted by Crippen LogP contribution is -2.56. The van der Waals surface area contributed by atoms with Crippen molar-refractivity contribution in [1.29, 1.82) is 0 Å². The minimum atomic E-state index is -0.899. The summed E-state index contributed by atoms with van der Waals surface area (Å²) < 4.78 is 7.04. The van der Waals surface area contributed by atoms with Gasteiger partial charge in [-0.2, -0.15) is 0 Å². The number of nitrogens with zero attached hydrogens (tertiary/aromatic N) is 5. The zero-order valence-corrected chi connectivity index (χ0v) is 28.7. The summed E-state index contributed by atoms with van der Waals surface area (Å²) in [6.07, 6.45) is 3.43. The molecule has 2 aromatic carbocycles. The lowest BCUT2D eigenvalue weighted by atomic mass is 10.0. The standard InChI is InChI=1S/C35H47BrN6O4/c1-25-7-8-26(23-30(25)36)24-32(33(43)40-21-19-39(20-22-40)28-10-14-38(2)15-11-28)46-35(45)41-16-12-29(13-17-41)42-18-9-27-5-3-4-6-31(27)37-34(42)44/h3-8,23,28-29,32H,9-22,24H2,1-2H3,(H,37,44)/t32-/m1/s1. The third kappa shape index (κ3) is 7.69. The fourth-order valence-electron chi connectivity index (χ4n) is 7.32. The Morgan fingerprint density at radius 2 is 1.59 bits per heavy atom. The van der Waals surface area contributed by atoms with Crippen LogP contribution in [0, 0.1) is 6.92 Å². The van der Waals surface area contributed by atoms with Gasteiger partial charge in [-0.05, 0) is 88.0 Å². The predicted octanol–water partition coefficient (Wildman–Crippen LogP) is 4.60. The number of likely N-dealkylation sites (tertiary alicyclic amines) is 2. The number of carbonyl (C=O) groups is 3. The van der Waals surface area contributed by atoms with E-state index in [-0.39, 0.29) is 18.0 Å². The van der Waals surface area contributed by atoms with Gasteiger partial charge < -0.3 is 29.7 Å². The Morgan fingerprint density at radius 1 is 0.891 bits per heavy atom. The van der Waals surface area contributed by atoms with Gasteiger partial charge in [-0.25, -0.2) is 9.59 Å². The maximum Gasteiger partial charge on any atom is 0.410 e. The average molecular weight is 696 g/mol. The minimum absolute atomic E-state index is 0.0431. The molecule has 0 saturated carbocycles. The largest absolute Gasteiger partial charge is 0.436 e. The summed E-state index contributed by atoms with van der Waals surface area (Å²) in [4.78, 5) is 51.0. The summed E-state index contributed by atoms with van der Waals surface area (Å²) >= 11 is 3.61. The maximum absolute atomic E-state index is 14.0. The Morgan fingerprint density at radius 3 is 2.30 bits per heavy atom. The molecule has 1 N–H and O–H groups in total. The number of fused-ring (bicyclic) bond motifs is 1. The van der Waals surface area contributed by atoms with Crippen molar-refractivity contribution in [1.82, 2.24) is 24.5 Å². The van der Waals surface area contributed by atoms with E-state index in [9.17, 15) is 14.4 Å². The second-order valence-corrected chi connectivity index (χ2v) is 14.2. The summed E-state index contributed by atoms with van der Waals surface area (Å²) in [7, 11) is 2.18. The average Bonchev–Trinajstić information content (AvgIpc) is 3.24. The Hall–Kier alpha value is -3.15. The fourth-order valence-corrected chi connectivity index (χ4v) is 7.75. The third-order valence-electron chi connectivity index (χ3n) is 10.3. The van der Waals surface area contributed by atoms with Crippen LogP contribution in [-0.4, -0.2) is 127 Å². The summed E-state index contributed by atoms with van der Waals surface area (Å²) in [6, 6.07) is 14.5. The molecule has 4 amide bonds. The van der Waals surface area contributed by atoms with Gasteiger partial charge >= 0.3 is 12.1 Å². The number of para-hydroxylation sites is 1. The van der Waals surface area contributed by atoms with Crippen molar-refractivity contribution in [3.63, 3.8) is 0 Å². The highest BCUT2D eigenvalue weighted by molar-refractivity contribution is 9.10. The van der Waals surface area contributed by atoms with E-state index in [1.165, 1.54) is 12.8 Å². The molecule has 3 fully saturated rings. The van der Waals surface area contributed by atoms with E-state index in [2.05, 4.69) is 44.2 Å². The first-order valence-electron chi connectivity index (χ1n) is 16.8. The molecule has 11 heteroatoms. The number of anilines is 1. The van der Waals surface area contributed by atoms with E-state index in [1.807, 2.05) is 53.1 Å². The molecule has 4 aliphatic rings. The van der Waals surface area contributed by atoms with Crippen LogP contribution in [-0.2, 0) is 22.4 Å². The molecule has 1 atom stereocenters. The van der Waals surface area contributed by atoms with Crippen LogP contribution in [0.3, 0.4) is 0 Å². The number of benzene rings is 2. The Balaban J connectivity index is 1.07. The van der Waals surface area contributed by atoms with Crippen molar-refractivity contribution < 1.29 is 19.1 Å². The second-order valence-electron chi connectivity index (χ2n) is 13.3. The predicted molar refractivity (Wildman–Crippen MR) is 182 cm³/mol. The number of halogens is 1. The highest BCUT2D eigenvalue weighted by Gasteiger charge is 2.36. The van der Waals surface area contributed by atoms with Crippen LogP contribution in [0.15, 0.2) is 46.9 Å². The van der Waals surface area contributed by atoms with Crippen LogP contribution in [0.4, 0.5) is 15.3 Å². The van der Waals surface area contributed by atoms with Crippen LogP contribution in [0.2, 0.25) is 0 Å². The number of amides is 4. The third-order valence-corrected chi connectivity index (χ3v) is 11.2. The van der Waals surface area contributed by atoms with Gasteiger partial charge in [0.2, 0.25) is 0 Å². The van der Waals surface area contributed by atoms with Gasteiger partial charge in [0.15, 0.2) is 6.10 Å². The van der Waals surface area contributed by atoms with Crippen molar-refractivity contribution in [2.45, 2.75) is 63.6 Å². The number of nitrogens with one attached hydrogen (secondary N) is 1. The van der Waals surface area contributed by atoms with Crippen LogP contribution in [0.25, 0.3) is 0 Å². The van der Waals surface area contributed by atoms with E-state index in [1.54, 1.807) is 4.90 Å². The van der Waals surface area contributed by atoms with Gasteiger partial charge in [0.05, 0.1) is 0 Å². The van der Waals surface area contributed by atoms with E-state index >= 15 is 0 Å². The molecule has 46 heavy (non-hydrogen) atoms. The number of urea groups is 1. The van der Waals surface area contributed by atoms with Gasteiger partial charge in [0, 0.05) is 74.5 Å². The Labute approximate surface area is 281 Å². The van der Waals surface area contributed by atoms with Crippen molar-refractivity contribution in [3.05, 3.63) is 63.6 Å². The van der Waals surface area contributed by atoms with E-state index in [0.29, 0.717) is 58.0 Å². The quantitative estimate of drug-likeness (QED) is 0.476. The van der Waals surface area contributed by atoms with Crippen LogP contribution < -0.4 is 5.32 Å². The molecule has 0 spiro atoms. The molecule has 0 bridgehead atoms. The molecule has 10 nitrogen and oxygen atoms in total. The van der Waals surface area contributed by atoms with Crippen molar-refractivity contribution in [2.75, 3.05) is 71.3 Å². The van der Waals surface area contributed by atoms with Crippen molar-refractivity contribution >= 4 is 39.6 Å². The van der Waals surface area contributed by atoms with Crippen LogP contribution >= 0.6 is 15.9 Å². The molecule has 0 radical (unpaired) electrons. The van der Waals surface area contributed by atoms with E-state index in [0.717, 1.165) is 59.5 Å². The molecule has 4 aliphatic heterocycles. The summed E-state index contributed by atoms with van der Waals surface area (Å²) in [5, 5.41) is 3.06. The molecular formula is C35H47BrN6O4. The van der Waals surface area contributed by atoms with E-state index < -0.39 is 12.2 Å². The number of piperazine rings is 1. The van der Waals surface area contributed by atoms with Crippen LogP contribution in [0.5, 0.6) is 0 Å². The molecule has 4 heterocycles. The summed E-state index contributed by atoms with van der Waals surface area (Å²) in [5.41, 5.74) is 4.06. The first kappa shape index (κ1) is 32.8. The van der Waals surface area contributed by atoms with Gasteiger partial charge in [-0.3, -0.25) is 9.69 Å². The minimum Gasteiger partial charge on any atom is -0.436 e. The number of hydrogen-bond acceptors (Lipinski definition) is 6. The smallest absolute Gasteiger partial charge is 0.410 e. The monoisotopic (exact) mass is 694 g/mol. The molecule has 0 aromatic heterocycles. The Bertz CT molecular complexity index is 1400. The first-order valence-corrected chi connectivity index (χ1v) is 17.6. The number of carbonyl (C=O) groups excluding carboxylic acids is 3. The second kappa shape index (κ2) is 14.7. The van der Waals surface area contributed by atoms with Crippen LogP contribution in [0.1, 0.15) is 42.4 Å². The topological polar surface area (TPSA) is 88.7 Å². The number of hydrogen-bond donors (Lipinski definition) is 1. The molecule has 2 aromatic rings. The zero-order valence-electron chi connectivity index (χ0n) is 27.1. The number of rotatable bonds is 6.